The number of halogens is 1. The minimum Gasteiger partial charge on any atom is -0.369 e. The van der Waals surface area contributed by atoms with Crippen molar-refractivity contribution < 1.29 is 9.13 Å². The molecule has 1 heterocycles. The highest BCUT2D eigenvalue weighted by atomic mass is 19.1. The molecule has 1 unspecified atom stereocenters. The molecule has 3 atom stereocenters. The van der Waals surface area contributed by atoms with E-state index in [9.17, 15) is 4.39 Å². The molecule has 0 amide bonds. The highest BCUT2D eigenvalue weighted by molar-refractivity contribution is 5.49. The fraction of sp³-hybridized carbons (Fsp3) is 0.571. The van der Waals surface area contributed by atoms with Gasteiger partial charge in [-0.1, -0.05) is 19.1 Å². The van der Waals surface area contributed by atoms with Gasteiger partial charge in [0, 0.05) is 12.2 Å². The molecule has 17 heavy (non-hydrogen) atoms. The smallest absolute Gasteiger partial charge is 0.198 e. The van der Waals surface area contributed by atoms with Gasteiger partial charge in [0.05, 0.1) is 6.10 Å². The molecule has 1 aromatic rings. The topological polar surface area (TPSA) is 12.5 Å². The summed E-state index contributed by atoms with van der Waals surface area (Å²) in [4.78, 5) is 1.79. The number of anilines is 1. The van der Waals surface area contributed by atoms with Crippen molar-refractivity contribution in [3.63, 3.8) is 0 Å². The Bertz CT molecular complexity index is 365. The Morgan fingerprint density at radius 1 is 1.29 bits per heavy atom. The molecular formula is C14H20FNO. The molecule has 3 heteroatoms. The SMILES string of the molecule is CCc1ccc(N2C[C@H](C)O[C@H](C)C2F)cc1. The van der Waals surface area contributed by atoms with E-state index in [0.717, 1.165) is 12.1 Å². The van der Waals surface area contributed by atoms with Gasteiger partial charge in [-0.2, -0.15) is 0 Å². The predicted octanol–water partition coefficient (Wildman–Crippen LogP) is 3.16. The Hall–Kier alpha value is -1.09. The maximum Gasteiger partial charge on any atom is 0.198 e. The summed E-state index contributed by atoms with van der Waals surface area (Å²) in [6, 6.07) is 8.12. The zero-order chi connectivity index (χ0) is 12.4. The largest absolute Gasteiger partial charge is 0.369 e. The lowest BCUT2D eigenvalue weighted by atomic mass is 10.1. The van der Waals surface area contributed by atoms with E-state index in [1.807, 2.05) is 19.1 Å². The van der Waals surface area contributed by atoms with Gasteiger partial charge in [-0.15, -0.1) is 0 Å². The first-order valence-corrected chi connectivity index (χ1v) is 6.27. The first-order chi connectivity index (χ1) is 8.11. The van der Waals surface area contributed by atoms with E-state index in [4.69, 9.17) is 4.74 Å². The van der Waals surface area contributed by atoms with Gasteiger partial charge in [0.15, 0.2) is 6.30 Å². The van der Waals surface area contributed by atoms with E-state index in [1.165, 1.54) is 5.56 Å². The summed E-state index contributed by atoms with van der Waals surface area (Å²) < 4.78 is 19.6. The molecule has 1 aromatic carbocycles. The van der Waals surface area contributed by atoms with Gasteiger partial charge in [0.1, 0.15) is 6.10 Å². The van der Waals surface area contributed by atoms with Gasteiger partial charge in [0.25, 0.3) is 0 Å². The van der Waals surface area contributed by atoms with Gasteiger partial charge < -0.3 is 9.64 Å². The van der Waals surface area contributed by atoms with Crippen LogP contribution in [0.1, 0.15) is 26.3 Å². The van der Waals surface area contributed by atoms with E-state index in [-0.39, 0.29) is 12.2 Å². The lowest BCUT2D eigenvalue weighted by Crippen LogP contribution is -2.51. The molecule has 2 rings (SSSR count). The number of ether oxygens (including phenoxy) is 1. The van der Waals surface area contributed by atoms with Crippen LogP contribution in [0.25, 0.3) is 0 Å². The van der Waals surface area contributed by atoms with Crippen molar-refractivity contribution in [2.45, 2.75) is 45.7 Å². The van der Waals surface area contributed by atoms with Gasteiger partial charge >= 0.3 is 0 Å². The van der Waals surface area contributed by atoms with Crippen LogP contribution >= 0.6 is 0 Å². The Kier molecular flexibility index (Phi) is 3.67. The van der Waals surface area contributed by atoms with Gasteiger partial charge in [-0.3, -0.25) is 0 Å². The van der Waals surface area contributed by atoms with E-state index >= 15 is 0 Å². The van der Waals surface area contributed by atoms with Crippen LogP contribution in [-0.4, -0.2) is 25.0 Å². The Labute approximate surface area is 102 Å². The summed E-state index contributed by atoms with van der Waals surface area (Å²) in [7, 11) is 0. The van der Waals surface area contributed by atoms with Crippen LogP contribution in [0.15, 0.2) is 24.3 Å². The van der Waals surface area contributed by atoms with Crippen molar-refractivity contribution in [2.24, 2.45) is 0 Å². The van der Waals surface area contributed by atoms with Crippen LogP contribution in [0.2, 0.25) is 0 Å². The van der Waals surface area contributed by atoms with Crippen LogP contribution in [0.4, 0.5) is 10.1 Å². The Balaban J connectivity index is 2.19. The fourth-order valence-corrected chi connectivity index (χ4v) is 2.28. The van der Waals surface area contributed by atoms with Crippen molar-refractivity contribution >= 4 is 5.69 Å². The summed E-state index contributed by atoms with van der Waals surface area (Å²) >= 11 is 0. The second kappa shape index (κ2) is 5.05. The number of rotatable bonds is 2. The van der Waals surface area contributed by atoms with E-state index in [2.05, 4.69) is 19.1 Å². The Morgan fingerprint density at radius 2 is 1.94 bits per heavy atom. The maximum atomic E-state index is 14.1. The summed E-state index contributed by atoms with van der Waals surface area (Å²) in [5, 5.41) is 0. The number of hydrogen-bond donors (Lipinski definition) is 0. The highest BCUT2D eigenvalue weighted by Gasteiger charge is 2.32. The first-order valence-electron chi connectivity index (χ1n) is 6.27. The molecule has 0 aromatic heterocycles. The molecule has 1 saturated heterocycles. The molecule has 0 spiro atoms. The standard InChI is InChI=1S/C14H20FNO/c1-4-12-5-7-13(8-6-12)16-9-10(2)17-11(3)14(16)15/h5-8,10-11,14H,4,9H2,1-3H3/t10-,11+,14?/m0/s1. The van der Waals surface area contributed by atoms with Crippen LogP contribution in [0, 0.1) is 0 Å². The van der Waals surface area contributed by atoms with E-state index < -0.39 is 6.30 Å². The van der Waals surface area contributed by atoms with Gasteiger partial charge in [0.2, 0.25) is 0 Å². The van der Waals surface area contributed by atoms with Crippen molar-refractivity contribution in [3.8, 4) is 0 Å². The van der Waals surface area contributed by atoms with Crippen molar-refractivity contribution in [1.82, 2.24) is 0 Å². The third-order valence-corrected chi connectivity index (χ3v) is 3.26. The number of morpholine rings is 1. The summed E-state index contributed by atoms with van der Waals surface area (Å²) in [6.07, 6.45) is -0.346. The molecule has 0 N–H and O–H groups in total. The van der Waals surface area contributed by atoms with E-state index in [1.54, 1.807) is 11.8 Å². The molecule has 0 bridgehead atoms. The fourth-order valence-electron chi connectivity index (χ4n) is 2.28. The lowest BCUT2D eigenvalue weighted by molar-refractivity contribution is -0.0614. The maximum absolute atomic E-state index is 14.1. The summed E-state index contributed by atoms with van der Waals surface area (Å²) in [6.45, 7) is 6.49. The zero-order valence-electron chi connectivity index (χ0n) is 10.7. The normalized spacial score (nSPS) is 29.4. The van der Waals surface area contributed by atoms with Crippen molar-refractivity contribution in [3.05, 3.63) is 29.8 Å². The quantitative estimate of drug-likeness (QED) is 0.733. The number of hydrogen-bond acceptors (Lipinski definition) is 2. The summed E-state index contributed by atoms with van der Waals surface area (Å²) in [5.74, 6) is 0. The second-order valence-corrected chi connectivity index (χ2v) is 4.70. The molecule has 0 saturated carbocycles. The molecular weight excluding hydrogens is 217 g/mol. The molecule has 1 aliphatic heterocycles. The molecule has 0 radical (unpaired) electrons. The monoisotopic (exact) mass is 237 g/mol. The minimum atomic E-state index is -1.06. The summed E-state index contributed by atoms with van der Waals surface area (Å²) in [5.41, 5.74) is 2.22. The van der Waals surface area contributed by atoms with Gasteiger partial charge in [-0.05, 0) is 38.0 Å². The molecule has 0 aliphatic carbocycles. The average Bonchev–Trinajstić information content (AvgIpc) is 2.34. The average molecular weight is 237 g/mol. The molecule has 1 aliphatic rings. The molecule has 94 valence electrons. The number of benzene rings is 1. The zero-order valence-corrected chi connectivity index (χ0v) is 10.7. The van der Waals surface area contributed by atoms with Crippen LogP contribution < -0.4 is 4.90 Å². The van der Waals surface area contributed by atoms with E-state index in [0.29, 0.717) is 6.54 Å². The van der Waals surface area contributed by atoms with Gasteiger partial charge in [-0.25, -0.2) is 4.39 Å². The highest BCUT2D eigenvalue weighted by Crippen LogP contribution is 2.26. The Morgan fingerprint density at radius 3 is 2.53 bits per heavy atom. The molecule has 1 fully saturated rings. The third-order valence-electron chi connectivity index (χ3n) is 3.26. The first kappa shape index (κ1) is 12.4. The molecule has 2 nitrogen and oxygen atoms in total. The third kappa shape index (κ3) is 2.60. The van der Waals surface area contributed by atoms with Crippen LogP contribution in [0.3, 0.4) is 0 Å². The van der Waals surface area contributed by atoms with Crippen LogP contribution in [0.5, 0.6) is 0 Å². The number of alkyl halides is 1. The number of nitrogens with zero attached hydrogens (tertiary/aromatic N) is 1. The predicted molar refractivity (Wildman–Crippen MR) is 68.1 cm³/mol. The van der Waals surface area contributed by atoms with Crippen molar-refractivity contribution in [2.75, 3.05) is 11.4 Å². The van der Waals surface area contributed by atoms with Crippen LogP contribution in [-0.2, 0) is 11.2 Å². The minimum absolute atomic E-state index is 0.0721. The van der Waals surface area contributed by atoms with Crippen molar-refractivity contribution in [1.29, 1.82) is 0 Å². The lowest BCUT2D eigenvalue weighted by Gasteiger charge is -2.39. The second-order valence-electron chi connectivity index (χ2n) is 4.70. The number of aryl methyl sites for hydroxylation is 1.